The second kappa shape index (κ2) is 15.7. The van der Waals surface area contributed by atoms with Crippen molar-refractivity contribution in [1.82, 2.24) is 16.1 Å². The van der Waals surface area contributed by atoms with Gasteiger partial charge in [0.2, 0.25) is 0 Å². The number of nitrogens with one attached hydrogen (secondary N) is 3. The summed E-state index contributed by atoms with van der Waals surface area (Å²) in [4.78, 5) is 25.4. The first kappa shape index (κ1) is 33.0. The highest BCUT2D eigenvalue weighted by Gasteiger charge is 2.32. The Hall–Kier alpha value is -3.94. The molecule has 0 saturated heterocycles. The van der Waals surface area contributed by atoms with Gasteiger partial charge in [0.25, 0.3) is 5.91 Å². The number of thiocarbonyl (C=S) groups is 1. The Morgan fingerprint density at radius 3 is 2.55 bits per heavy atom. The molecule has 1 amide bonds. The van der Waals surface area contributed by atoms with E-state index in [1.807, 2.05) is 24.3 Å². The van der Waals surface area contributed by atoms with Gasteiger partial charge in [0.1, 0.15) is 12.4 Å². The van der Waals surface area contributed by atoms with Crippen molar-refractivity contribution < 1.29 is 28.5 Å². The number of halogens is 2. The van der Waals surface area contributed by atoms with E-state index < -0.39 is 17.9 Å². The van der Waals surface area contributed by atoms with Crippen molar-refractivity contribution >= 4 is 67.3 Å². The molecule has 1 heterocycles. The number of nitrogens with zero attached hydrogens (tertiary/aromatic N) is 1. The number of carbonyl (C=O) groups is 2. The fourth-order valence-corrected chi connectivity index (χ4v) is 5.41. The Morgan fingerprint density at radius 1 is 1.07 bits per heavy atom. The van der Waals surface area contributed by atoms with Crippen molar-refractivity contribution in [3.8, 4) is 17.2 Å². The van der Waals surface area contributed by atoms with Crippen LogP contribution >= 0.6 is 44.1 Å². The number of methoxy groups -OCH3 is 1. The second-order valence-electron chi connectivity index (χ2n) is 9.36. The Bertz CT molecular complexity index is 1600. The highest BCUT2D eigenvalue weighted by molar-refractivity contribution is 9.10. The zero-order valence-corrected chi connectivity index (χ0v) is 28.1. The summed E-state index contributed by atoms with van der Waals surface area (Å²) in [6.45, 7) is 3.74. The third-order valence-electron chi connectivity index (χ3n) is 6.30. The van der Waals surface area contributed by atoms with Crippen LogP contribution in [0.1, 0.15) is 36.6 Å². The molecule has 0 unspecified atom stereocenters. The van der Waals surface area contributed by atoms with Crippen molar-refractivity contribution in [3.05, 3.63) is 97.6 Å². The van der Waals surface area contributed by atoms with Crippen LogP contribution in [0.5, 0.6) is 17.2 Å². The lowest BCUT2D eigenvalue weighted by Gasteiger charge is -2.30. The summed E-state index contributed by atoms with van der Waals surface area (Å²) in [6, 6.07) is 17.8. The maximum Gasteiger partial charge on any atom is 0.338 e. The smallest absolute Gasteiger partial charge is 0.338 e. The zero-order valence-electron chi connectivity index (χ0n) is 24.1. The van der Waals surface area contributed by atoms with Crippen molar-refractivity contribution in [2.75, 3.05) is 20.3 Å². The van der Waals surface area contributed by atoms with Crippen LogP contribution in [0.4, 0.5) is 0 Å². The summed E-state index contributed by atoms with van der Waals surface area (Å²) < 4.78 is 24.3. The molecule has 0 fully saturated rings. The Morgan fingerprint density at radius 2 is 1.82 bits per heavy atom. The number of para-hydroxylation sites is 1. The first-order valence-electron chi connectivity index (χ1n) is 13.4. The highest BCUT2D eigenvalue weighted by Crippen LogP contribution is 2.37. The van der Waals surface area contributed by atoms with Gasteiger partial charge in [-0.2, -0.15) is 5.10 Å². The molecule has 10 nitrogen and oxygen atoms in total. The van der Waals surface area contributed by atoms with Crippen LogP contribution in [-0.2, 0) is 20.9 Å². The predicted octanol–water partition coefficient (Wildman–Crippen LogP) is 5.68. The van der Waals surface area contributed by atoms with E-state index in [4.69, 9.17) is 31.2 Å². The van der Waals surface area contributed by atoms with Gasteiger partial charge in [0.05, 0.1) is 36.0 Å². The number of allylic oxidation sites excluding steroid dienone is 1. The minimum atomic E-state index is -0.629. The topological polar surface area (TPSA) is 120 Å². The fraction of sp³-hybridized carbons (Fsp3) is 0.226. The number of ether oxygens (including phenoxy) is 4. The number of hydrazone groups is 1. The molecule has 230 valence electrons. The Kier molecular flexibility index (Phi) is 11.8. The Balaban J connectivity index is 1.39. The Labute approximate surface area is 277 Å². The van der Waals surface area contributed by atoms with Crippen molar-refractivity contribution in [2.24, 2.45) is 5.10 Å². The molecule has 0 radical (unpaired) electrons. The summed E-state index contributed by atoms with van der Waals surface area (Å²) in [7, 11) is 1.55. The standard InChI is InChI=1S/C31H30Br2N4O6S/c1-4-41-30(39)27-18(2)35-31(44)36-28(27)22-7-5-6-8-24(22)42-17-26(38)37-34-15-20-13-23(33)29(25(14-20)40-3)43-16-19-9-11-21(32)12-10-19/h5-15,28H,4,16-17H2,1-3H3,(H,37,38)(H2,35,36,44)/t28-/m0/s1. The molecule has 0 aromatic heterocycles. The van der Waals surface area contributed by atoms with Crippen molar-refractivity contribution in [2.45, 2.75) is 26.5 Å². The average Bonchev–Trinajstić information content (AvgIpc) is 3.00. The maximum absolute atomic E-state index is 12.7. The second-order valence-corrected chi connectivity index (χ2v) is 11.5. The lowest BCUT2D eigenvalue weighted by atomic mass is 9.95. The first-order valence-corrected chi connectivity index (χ1v) is 15.4. The van der Waals surface area contributed by atoms with Crippen LogP contribution in [0.2, 0.25) is 0 Å². The first-order chi connectivity index (χ1) is 21.2. The van der Waals surface area contributed by atoms with Crippen LogP contribution < -0.4 is 30.3 Å². The largest absolute Gasteiger partial charge is 0.493 e. The maximum atomic E-state index is 12.7. The molecule has 3 aromatic rings. The minimum Gasteiger partial charge on any atom is -0.493 e. The third-order valence-corrected chi connectivity index (χ3v) is 7.64. The third kappa shape index (κ3) is 8.58. The van der Waals surface area contributed by atoms with Gasteiger partial charge in [-0.1, -0.05) is 46.3 Å². The number of esters is 1. The number of hydrogen-bond donors (Lipinski definition) is 3. The number of carbonyl (C=O) groups excluding carboxylic acids is 2. The van der Waals surface area contributed by atoms with Gasteiger partial charge in [-0.3, -0.25) is 4.79 Å². The fourth-order valence-electron chi connectivity index (χ4n) is 4.30. The lowest BCUT2D eigenvalue weighted by Crippen LogP contribution is -2.45. The summed E-state index contributed by atoms with van der Waals surface area (Å²) in [5, 5.41) is 10.5. The molecule has 0 spiro atoms. The highest BCUT2D eigenvalue weighted by atomic mass is 79.9. The van der Waals surface area contributed by atoms with Gasteiger partial charge < -0.3 is 29.6 Å². The molecule has 44 heavy (non-hydrogen) atoms. The van der Waals surface area contributed by atoms with E-state index >= 15 is 0 Å². The van der Waals surface area contributed by atoms with Crippen LogP contribution in [0, 0.1) is 0 Å². The zero-order chi connectivity index (χ0) is 31.6. The summed E-state index contributed by atoms with van der Waals surface area (Å²) in [5.41, 5.74) is 5.70. The molecular formula is C31H30Br2N4O6S. The van der Waals surface area contributed by atoms with Gasteiger partial charge in [0, 0.05) is 15.7 Å². The molecule has 3 aromatic carbocycles. The summed E-state index contributed by atoms with van der Waals surface area (Å²) >= 11 is 12.3. The monoisotopic (exact) mass is 744 g/mol. The van der Waals surface area contributed by atoms with E-state index in [-0.39, 0.29) is 13.2 Å². The van der Waals surface area contributed by atoms with E-state index in [9.17, 15) is 9.59 Å². The van der Waals surface area contributed by atoms with Gasteiger partial charge in [-0.05, 0) is 83.5 Å². The average molecular weight is 746 g/mol. The number of amides is 1. The molecule has 1 atom stereocenters. The van der Waals surface area contributed by atoms with E-state index in [2.05, 4.69) is 53.0 Å². The molecular weight excluding hydrogens is 716 g/mol. The van der Waals surface area contributed by atoms with Crippen LogP contribution in [0.3, 0.4) is 0 Å². The molecule has 3 N–H and O–H groups in total. The van der Waals surface area contributed by atoms with E-state index in [1.165, 1.54) is 6.21 Å². The molecule has 0 aliphatic carbocycles. The quantitative estimate of drug-likeness (QED) is 0.0931. The minimum absolute atomic E-state index is 0.222. The molecule has 0 saturated carbocycles. The molecule has 13 heteroatoms. The van der Waals surface area contributed by atoms with Gasteiger partial charge in [0.15, 0.2) is 23.2 Å². The normalized spacial score (nSPS) is 14.5. The van der Waals surface area contributed by atoms with E-state index in [0.717, 1.165) is 10.0 Å². The molecule has 1 aliphatic rings. The van der Waals surface area contributed by atoms with Crippen LogP contribution in [0.25, 0.3) is 0 Å². The molecule has 0 bridgehead atoms. The van der Waals surface area contributed by atoms with Gasteiger partial charge in [-0.25, -0.2) is 10.2 Å². The summed E-state index contributed by atoms with van der Waals surface area (Å²) in [6.07, 6.45) is 1.48. The van der Waals surface area contributed by atoms with Gasteiger partial charge >= 0.3 is 5.97 Å². The van der Waals surface area contributed by atoms with Crippen LogP contribution in [0.15, 0.2) is 86.0 Å². The van der Waals surface area contributed by atoms with Crippen LogP contribution in [-0.4, -0.2) is 43.5 Å². The van der Waals surface area contributed by atoms with Crippen molar-refractivity contribution in [1.29, 1.82) is 0 Å². The molecule has 4 rings (SSSR count). The number of benzene rings is 3. The number of rotatable bonds is 12. The lowest BCUT2D eigenvalue weighted by molar-refractivity contribution is -0.139. The van der Waals surface area contributed by atoms with E-state index in [0.29, 0.717) is 55.8 Å². The summed E-state index contributed by atoms with van der Waals surface area (Å²) in [5.74, 6) is 0.482. The van der Waals surface area contributed by atoms with E-state index in [1.54, 1.807) is 57.4 Å². The van der Waals surface area contributed by atoms with Gasteiger partial charge in [-0.15, -0.1) is 0 Å². The SMILES string of the molecule is CCOC(=O)C1=C(C)NC(=S)N[C@H]1c1ccccc1OCC(=O)NN=Cc1cc(Br)c(OCc2ccc(Br)cc2)c(OC)c1. The predicted molar refractivity (Wildman–Crippen MR) is 178 cm³/mol. The van der Waals surface area contributed by atoms with Crippen molar-refractivity contribution in [3.63, 3.8) is 0 Å². The molecule has 1 aliphatic heterocycles. The number of hydrogen-bond acceptors (Lipinski definition) is 8.